The predicted molar refractivity (Wildman–Crippen MR) is 74.1 cm³/mol. The van der Waals surface area contributed by atoms with Crippen LogP contribution in [0.2, 0.25) is 0 Å². The van der Waals surface area contributed by atoms with Gasteiger partial charge in [0.2, 0.25) is 0 Å². The molecule has 4 heteroatoms. The summed E-state index contributed by atoms with van der Waals surface area (Å²) < 4.78 is 0. The molecule has 2 rings (SSSR count). The molecule has 0 atom stereocenters. The van der Waals surface area contributed by atoms with Gasteiger partial charge in [0.05, 0.1) is 11.0 Å². The van der Waals surface area contributed by atoms with Crippen molar-refractivity contribution in [2.75, 3.05) is 11.5 Å². The highest BCUT2D eigenvalue weighted by Gasteiger charge is 2.06. The third-order valence-electron chi connectivity index (χ3n) is 2.50. The standard InChI is InChI=1S/C13H17N3S/c1-9(2)7-8-17-13-12(14)15-10-5-3-4-6-11(10)16-13/h3-6,9H,7-8H2,1-2H3,(H2,14,15). The number of fused-ring (bicyclic) bond motifs is 1. The zero-order valence-electron chi connectivity index (χ0n) is 10.2. The maximum atomic E-state index is 5.91. The number of nitrogens with two attached hydrogens (primary N) is 1. The van der Waals surface area contributed by atoms with E-state index in [1.807, 2.05) is 24.3 Å². The zero-order chi connectivity index (χ0) is 12.3. The number of thioether (sulfide) groups is 1. The lowest BCUT2D eigenvalue weighted by Crippen LogP contribution is -1.98. The molecule has 0 saturated heterocycles. The molecule has 0 amide bonds. The van der Waals surface area contributed by atoms with Gasteiger partial charge in [0, 0.05) is 0 Å². The van der Waals surface area contributed by atoms with Gasteiger partial charge < -0.3 is 5.73 Å². The highest BCUT2D eigenvalue weighted by molar-refractivity contribution is 7.99. The summed E-state index contributed by atoms with van der Waals surface area (Å²) in [5.41, 5.74) is 7.68. The van der Waals surface area contributed by atoms with Crippen molar-refractivity contribution in [1.82, 2.24) is 9.97 Å². The van der Waals surface area contributed by atoms with Crippen molar-refractivity contribution in [3.63, 3.8) is 0 Å². The van der Waals surface area contributed by atoms with Gasteiger partial charge in [-0.05, 0) is 30.2 Å². The van der Waals surface area contributed by atoms with Crippen molar-refractivity contribution in [3.8, 4) is 0 Å². The van der Waals surface area contributed by atoms with Crippen molar-refractivity contribution in [2.24, 2.45) is 5.92 Å². The first kappa shape index (κ1) is 12.2. The van der Waals surface area contributed by atoms with E-state index in [2.05, 4.69) is 23.8 Å². The number of nitrogen functional groups attached to an aromatic ring is 1. The second-order valence-electron chi connectivity index (χ2n) is 4.43. The van der Waals surface area contributed by atoms with Crippen LogP contribution >= 0.6 is 11.8 Å². The molecule has 0 saturated carbocycles. The molecule has 0 fully saturated rings. The van der Waals surface area contributed by atoms with Crippen LogP contribution in [0.1, 0.15) is 20.3 Å². The Labute approximate surface area is 106 Å². The highest BCUT2D eigenvalue weighted by Crippen LogP contribution is 2.25. The summed E-state index contributed by atoms with van der Waals surface area (Å²) in [6, 6.07) is 7.81. The Morgan fingerprint density at radius 2 is 1.82 bits per heavy atom. The lowest BCUT2D eigenvalue weighted by Gasteiger charge is -2.07. The molecule has 1 heterocycles. The van der Waals surface area contributed by atoms with Crippen LogP contribution in [-0.4, -0.2) is 15.7 Å². The summed E-state index contributed by atoms with van der Waals surface area (Å²) in [7, 11) is 0. The maximum Gasteiger partial charge on any atom is 0.156 e. The summed E-state index contributed by atoms with van der Waals surface area (Å²) in [4.78, 5) is 8.91. The van der Waals surface area contributed by atoms with E-state index in [0.717, 1.165) is 21.8 Å². The van der Waals surface area contributed by atoms with E-state index in [0.29, 0.717) is 11.7 Å². The first-order valence-electron chi connectivity index (χ1n) is 5.82. The van der Waals surface area contributed by atoms with Crippen LogP contribution in [0, 0.1) is 5.92 Å². The summed E-state index contributed by atoms with van der Waals surface area (Å²) in [6.07, 6.45) is 1.17. The number of aromatic nitrogens is 2. The maximum absolute atomic E-state index is 5.91. The Kier molecular flexibility index (Phi) is 3.84. The fourth-order valence-electron chi connectivity index (χ4n) is 1.50. The van der Waals surface area contributed by atoms with Crippen molar-refractivity contribution in [2.45, 2.75) is 25.3 Å². The molecule has 17 heavy (non-hydrogen) atoms. The van der Waals surface area contributed by atoms with E-state index in [4.69, 9.17) is 5.73 Å². The molecule has 0 aliphatic rings. The average Bonchev–Trinajstić information content (AvgIpc) is 2.29. The number of rotatable bonds is 4. The van der Waals surface area contributed by atoms with Gasteiger partial charge in [0.15, 0.2) is 5.82 Å². The van der Waals surface area contributed by atoms with Crippen molar-refractivity contribution < 1.29 is 0 Å². The minimum absolute atomic E-state index is 0.539. The van der Waals surface area contributed by atoms with E-state index in [1.165, 1.54) is 6.42 Å². The molecule has 2 aromatic rings. The van der Waals surface area contributed by atoms with Crippen LogP contribution in [0.3, 0.4) is 0 Å². The summed E-state index contributed by atoms with van der Waals surface area (Å²) >= 11 is 1.69. The first-order chi connectivity index (χ1) is 8.16. The largest absolute Gasteiger partial charge is 0.381 e. The van der Waals surface area contributed by atoms with Gasteiger partial charge >= 0.3 is 0 Å². The summed E-state index contributed by atoms with van der Waals surface area (Å²) in [5.74, 6) is 2.28. The molecule has 0 bridgehead atoms. The van der Waals surface area contributed by atoms with Crippen LogP contribution in [0.5, 0.6) is 0 Å². The van der Waals surface area contributed by atoms with Gasteiger partial charge in [0.25, 0.3) is 0 Å². The fourth-order valence-corrected chi connectivity index (χ4v) is 2.63. The van der Waals surface area contributed by atoms with Gasteiger partial charge in [0.1, 0.15) is 5.03 Å². The van der Waals surface area contributed by atoms with Crippen LogP contribution in [-0.2, 0) is 0 Å². The number of nitrogens with zero attached hydrogens (tertiary/aromatic N) is 2. The van der Waals surface area contributed by atoms with Crippen molar-refractivity contribution >= 4 is 28.6 Å². The smallest absolute Gasteiger partial charge is 0.156 e. The summed E-state index contributed by atoms with van der Waals surface area (Å²) in [5, 5.41) is 0.851. The molecule has 0 aliphatic heterocycles. The Hall–Kier alpha value is -1.29. The third-order valence-corrected chi connectivity index (χ3v) is 3.51. The molecule has 90 valence electrons. The summed E-state index contributed by atoms with van der Waals surface area (Å²) in [6.45, 7) is 4.44. The number of para-hydroxylation sites is 2. The van der Waals surface area contributed by atoms with Gasteiger partial charge in [-0.2, -0.15) is 0 Å². The minimum Gasteiger partial charge on any atom is -0.381 e. The van der Waals surface area contributed by atoms with Crippen LogP contribution in [0.4, 0.5) is 5.82 Å². The molecule has 3 nitrogen and oxygen atoms in total. The van der Waals surface area contributed by atoms with Gasteiger partial charge in [-0.15, -0.1) is 11.8 Å². The molecule has 0 radical (unpaired) electrons. The minimum atomic E-state index is 0.539. The first-order valence-corrected chi connectivity index (χ1v) is 6.80. The Morgan fingerprint density at radius 1 is 1.18 bits per heavy atom. The average molecular weight is 247 g/mol. The second kappa shape index (κ2) is 5.36. The van der Waals surface area contributed by atoms with Crippen LogP contribution in [0.15, 0.2) is 29.3 Å². The lowest BCUT2D eigenvalue weighted by atomic mass is 10.2. The number of hydrogen-bond acceptors (Lipinski definition) is 4. The fraction of sp³-hybridized carbons (Fsp3) is 0.385. The predicted octanol–water partition coefficient (Wildman–Crippen LogP) is 3.35. The van der Waals surface area contributed by atoms with Gasteiger partial charge in [-0.25, -0.2) is 9.97 Å². The highest BCUT2D eigenvalue weighted by atomic mass is 32.2. The monoisotopic (exact) mass is 247 g/mol. The quantitative estimate of drug-likeness (QED) is 0.842. The van der Waals surface area contributed by atoms with Crippen molar-refractivity contribution in [3.05, 3.63) is 24.3 Å². The third kappa shape index (κ3) is 3.09. The zero-order valence-corrected chi connectivity index (χ0v) is 11.0. The molecule has 2 N–H and O–H groups in total. The molecular weight excluding hydrogens is 230 g/mol. The van der Waals surface area contributed by atoms with Gasteiger partial charge in [-0.3, -0.25) is 0 Å². The topological polar surface area (TPSA) is 51.8 Å². The van der Waals surface area contributed by atoms with Crippen LogP contribution < -0.4 is 5.73 Å². The SMILES string of the molecule is CC(C)CCSc1nc2ccccc2nc1N. The van der Waals surface area contributed by atoms with Crippen molar-refractivity contribution in [1.29, 1.82) is 0 Å². The Bertz CT molecular complexity index is 511. The van der Waals surface area contributed by atoms with E-state index in [-0.39, 0.29) is 0 Å². The Balaban J connectivity index is 2.19. The molecule has 0 unspecified atom stereocenters. The lowest BCUT2D eigenvalue weighted by molar-refractivity contribution is 0.632. The number of hydrogen-bond donors (Lipinski definition) is 1. The van der Waals surface area contributed by atoms with Gasteiger partial charge in [-0.1, -0.05) is 26.0 Å². The number of anilines is 1. The van der Waals surface area contributed by atoms with E-state index < -0.39 is 0 Å². The second-order valence-corrected chi connectivity index (χ2v) is 5.52. The normalized spacial score (nSPS) is 11.2. The molecule has 1 aromatic heterocycles. The molecular formula is C13H17N3S. The van der Waals surface area contributed by atoms with E-state index in [9.17, 15) is 0 Å². The molecule has 0 aliphatic carbocycles. The number of benzene rings is 1. The van der Waals surface area contributed by atoms with Crippen LogP contribution in [0.25, 0.3) is 11.0 Å². The Morgan fingerprint density at radius 3 is 2.47 bits per heavy atom. The molecule has 1 aromatic carbocycles. The van der Waals surface area contributed by atoms with E-state index in [1.54, 1.807) is 11.8 Å². The van der Waals surface area contributed by atoms with E-state index >= 15 is 0 Å². The molecule has 0 spiro atoms.